The molecule has 3 rings (SSSR count). The summed E-state index contributed by atoms with van der Waals surface area (Å²) in [6, 6.07) is 4.72. The van der Waals surface area contributed by atoms with Crippen LogP contribution in [0.15, 0.2) is 17.5 Å². The van der Waals surface area contributed by atoms with E-state index in [0.29, 0.717) is 25.2 Å². The highest BCUT2D eigenvalue weighted by Gasteiger charge is 2.39. The van der Waals surface area contributed by atoms with Gasteiger partial charge in [-0.25, -0.2) is 0 Å². The van der Waals surface area contributed by atoms with Gasteiger partial charge in [0.05, 0.1) is 13.1 Å². The Balaban J connectivity index is 1.59. The number of carbonyl (C=O) groups is 2. The van der Waals surface area contributed by atoms with E-state index < -0.39 is 0 Å². The van der Waals surface area contributed by atoms with Gasteiger partial charge >= 0.3 is 0 Å². The minimum Gasteiger partial charge on any atom is -0.340 e. The summed E-state index contributed by atoms with van der Waals surface area (Å²) in [6.07, 6.45) is 4.37. The molecule has 6 heteroatoms. The Morgan fingerprint density at radius 3 is 2.71 bits per heavy atom. The third kappa shape index (κ3) is 3.81. The predicted octanol–water partition coefficient (Wildman–Crippen LogP) is 2.18. The van der Waals surface area contributed by atoms with Gasteiger partial charge in [-0.05, 0) is 43.7 Å². The van der Waals surface area contributed by atoms with E-state index in [9.17, 15) is 9.59 Å². The molecule has 0 N–H and O–H groups in total. The summed E-state index contributed by atoms with van der Waals surface area (Å²) < 4.78 is 0. The third-order valence-electron chi connectivity index (χ3n) is 5.30. The van der Waals surface area contributed by atoms with Gasteiger partial charge in [0.2, 0.25) is 11.8 Å². The number of likely N-dealkylation sites (tertiary alicyclic amines) is 2. The fourth-order valence-electron chi connectivity index (χ4n) is 4.09. The van der Waals surface area contributed by atoms with Crippen LogP contribution in [0.5, 0.6) is 0 Å². The molecule has 2 amide bonds. The fraction of sp³-hybridized carbons (Fsp3) is 0.667. The second-order valence-electron chi connectivity index (χ2n) is 6.93. The molecule has 0 aromatic carbocycles. The molecule has 0 aliphatic carbocycles. The summed E-state index contributed by atoms with van der Waals surface area (Å²) >= 11 is 1.68. The molecule has 2 aliphatic heterocycles. The molecular weight excluding hydrogens is 322 g/mol. The van der Waals surface area contributed by atoms with Crippen molar-refractivity contribution in [2.45, 2.75) is 51.2 Å². The Bertz CT molecular complexity index is 575. The molecule has 1 aromatic heterocycles. The van der Waals surface area contributed by atoms with Gasteiger partial charge < -0.3 is 9.80 Å². The molecule has 132 valence electrons. The van der Waals surface area contributed by atoms with Crippen molar-refractivity contribution in [3.8, 4) is 0 Å². The number of rotatable bonds is 5. The van der Waals surface area contributed by atoms with Crippen molar-refractivity contribution in [2.75, 3.05) is 26.7 Å². The Kier molecular flexibility index (Phi) is 5.56. The number of hydrogen-bond acceptors (Lipinski definition) is 4. The SMILES string of the molecule is CC(=O)N1CCC[C@H]1[C@@H]1CCCN1CC(=O)N(C)Cc1cccs1. The maximum absolute atomic E-state index is 12.6. The average Bonchev–Trinajstić information content (AvgIpc) is 3.27. The highest BCUT2D eigenvalue weighted by atomic mass is 32.1. The van der Waals surface area contributed by atoms with Crippen LogP contribution in [-0.4, -0.2) is 65.3 Å². The fourth-order valence-corrected chi connectivity index (χ4v) is 4.84. The lowest BCUT2D eigenvalue weighted by Crippen LogP contribution is -2.50. The normalized spacial score (nSPS) is 24.5. The van der Waals surface area contributed by atoms with Crippen molar-refractivity contribution in [2.24, 2.45) is 0 Å². The molecule has 24 heavy (non-hydrogen) atoms. The second-order valence-corrected chi connectivity index (χ2v) is 7.96. The lowest BCUT2D eigenvalue weighted by molar-refractivity contribution is -0.133. The summed E-state index contributed by atoms with van der Waals surface area (Å²) in [6.45, 7) is 4.65. The Morgan fingerprint density at radius 1 is 1.25 bits per heavy atom. The quantitative estimate of drug-likeness (QED) is 0.818. The van der Waals surface area contributed by atoms with E-state index in [4.69, 9.17) is 0 Å². The molecule has 3 heterocycles. The topological polar surface area (TPSA) is 43.9 Å². The van der Waals surface area contributed by atoms with Crippen molar-refractivity contribution in [1.29, 1.82) is 0 Å². The summed E-state index contributed by atoms with van der Waals surface area (Å²) in [7, 11) is 1.88. The van der Waals surface area contributed by atoms with Gasteiger partial charge in [-0.2, -0.15) is 0 Å². The maximum atomic E-state index is 12.6. The first-order chi connectivity index (χ1) is 11.6. The maximum Gasteiger partial charge on any atom is 0.236 e. The van der Waals surface area contributed by atoms with Gasteiger partial charge in [-0.15, -0.1) is 11.3 Å². The van der Waals surface area contributed by atoms with Crippen LogP contribution in [0.1, 0.15) is 37.5 Å². The minimum atomic E-state index is 0.169. The Hall–Kier alpha value is -1.40. The molecule has 2 fully saturated rings. The lowest BCUT2D eigenvalue weighted by atomic mass is 10.0. The van der Waals surface area contributed by atoms with Crippen LogP contribution in [0.4, 0.5) is 0 Å². The van der Waals surface area contributed by atoms with Crippen LogP contribution in [-0.2, 0) is 16.1 Å². The molecule has 0 saturated carbocycles. The second kappa shape index (κ2) is 7.66. The zero-order valence-corrected chi connectivity index (χ0v) is 15.4. The van der Waals surface area contributed by atoms with Crippen LogP contribution in [0, 0.1) is 0 Å². The van der Waals surface area contributed by atoms with Crippen molar-refractivity contribution < 1.29 is 9.59 Å². The average molecular weight is 350 g/mol. The van der Waals surface area contributed by atoms with Crippen molar-refractivity contribution >= 4 is 23.2 Å². The van der Waals surface area contributed by atoms with E-state index >= 15 is 0 Å². The highest BCUT2D eigenvalue weighted by molar-refractivity contribution is 7.09. The van der Waals surface area contributed by atoms with Crippen LogP contribution < -0.4 is 0 Å². The van der Waals surface area contributed by atoms with E-state index in [0.717, 1.165) is 38.8 Å². The van der Waals surface area contributed by atoms with Gasteiger partial charge in [-0.1, -0.05) is 6.07 Å². The lowest BCUT2D eigenvalue weighted by Gasteiger charge is -2.34. The van der Waals surface area contributed by atoms with Crippen LogP contribution in [0.2, 0.25) is 0 Å². The van der Waals surface area contributed by atoms with E-state index in [1.54, 1.807) is 18.3 Å². The van der Waals surface area contributed by atoms with Crippen molar-refractivity contribution in [3.63, 3.8) is 0 Å². The van der Waals surface area contributed by atoms with Crippen LogP contribution in [0.25, 0.3) is 0 Å². The van der Waals surface area contributed by atoms with E-state index in [-0.39, 0.29) is 11.8 Å². The standard InChI is InChI=1S/C18H27N3O2S/c1-14(22)21-10-4-8-17(21)16-7-3-9-20(16)13-18(23)19(2)12-15-6-5-11-24-15/h5-6,11,16-17H,3-4,7-10,12-13H2,1-2H3/t16-,17-/m0/s1. The molecule has 0 spiro atoms. The number of thiophene rings is 1. The predicted molar refractivity (Wildman–Crippen MR) is 95.8 cm³/mol. The molecule has 0 unspecified atom stereocenters. The van der Waals surface area contributed by atoms with Gasteiger partial charge in [0.25, 0.3) is 0 Å². The summed E-state index contributed by atoms with van der Waals surface area (Å²) in [5, 5.41) is 2.04. The number of likely N-dealkylation sites (N-methyl/N-ethyl adjacent to an activating group) is 1. The minimum absolute atomic E-state index is 0.169. The molecule has 2 saturated heterocycles. The van der Waals surface area contributed by atoms with Crippen molar-refractivity contribution in [3.05, 3.63) is 22.4 Å². The van der Waals surface area contributed by atoms with Crippen LogP contribution in [0.3, 0.4) is 0 Å². The Labute approximate surface area is 148 Å². The number of amides is 2. The first-order valence-corrected chi connectivity index (χ1v) is 9.72. The monoisotopic (exact) mass is 349 g/mol. The largest absolute Gasteiger partial charge is 0.340 e. The van der Waals surface area contributed by atoms with Gasteiger partial charge in [0, 0.05) is 37.5 Å². The highest BCUT2D eigenvalue weighted by Crippen LogP contribution is 2.30. The van der Waals surface area contributed by atoms with E-state index in [1.165, 1.54) is 4.88 Å². The first kappa shape index (κ1) is 17.4. The van der Waals surface area contributed by atoms with Crippen molar-refractivity contribution in [1.82, 2.24) is 14.7 Å². The summed E-state index contributed by atoms with van der Waals surface area (Å²) in [5.74, 6) is 0.341. The molecule has 0 radical (unpaired) electrons. The summed E-state index contributed by atoms with van der Waals surface area (Å²) in [4.78, 5) is 31.8. The van der Waals surface area contributed by atoms with Gasteiger partial charge in [0.15, 0.2) is 0 Å². The Morgan fingerprint density at radius 2 is 2.00 bits per heavy atom. The smallest absolute Gasteiger partial charge is 0.236 e. The van der Waals surface area contributed by atoms with E-state index in [1.807, 2.05) is 28.3 Å². The zero-order chi connectivity index (χ0) is 17.1. The number of carbonyl (C=O) groups excluding carboxylic acids is 2. The molecule has 5 nitrogen and oxygen atoms in total. The third-order valence-corrected chi connectivity index (χ3v) is 6.16. The number of hydrogen-bond donors (Lipinski definition) is 0. The first-order valence-electron chi connectivity index (χ1n) is 8.84. The molecule has 0 bridgehead atoms. The van der Waals surface area contributed by atoms with Gasteiger partial charge in [-0.3, -0.25) is 14.5 Å². The summed E-state index contributed by atoms with van der Waals surface area (Å²) in [5.41, 5.74) is 0. The zero-order valence-electron chi connectivity index (χ0n) is 14.6. The molecule has 1 aromatic rings. The molecule has 2 atom stereocenters. The van der Waals surface area contributed by atoms with E-state index in [2.05, 4.69) is 11.0 Å². The number of nitrogens with zero attached hydrogens (tertiary/aromatic N) is 3. The van der Waals surface area contributed by atoms with Crippen LogP contribution >= 0.6 is 11.3 Å². The van der Waals surface area contributed by atoms with Gasteiger partial charge in [0.1, 0.15) is 0 Å². The molecule has 2 aliphatic rings. The molecular formula is C18H27N3O2S.